The van der Waals surface area contributed by atoms with Crippen molar-refractivity contribution < 1.29 is 14.0 Å². The summed E-state index contributed by atoms with van der Waals surface area (Å²) in [5.41, 5.74) is 1.46. The number of carbonyl (C=O) groups is 2. The van der Waals surface area contributed by atoms with Crippen LogP contribution in [0.25, 0.3) is 10.2 Å². The van der Waals surface area contributed by atoms with E-state index in [1.807, 2.05) is 11.8 Å². The number of rotatable bonds is 5. The highest BCUT2D eigenvalue weighted by molar-refractivity contribution is 7.22. The van der Waals surface area contributed by atoms with Gasteiger partial charge in [0, 0.05) is 31.6 Å². The first-order valence-corrected chi connectivity index (χ1v) is 10.5. The van der Waals surface area contributed by atoms with E-state index in [-0.39, 0.29) is 23.5 Å². The summed E-state index contributed by atoms with van der Waals surface area (Å²) in [4.78, 5) is 40.4. The monoisotopic (exact) mass is 415 g/mol. The molecule has 1 aliphatic rings. The van der Waals surface area contributed by atoms with Gasteiger partial charge in [-0.15, -0.1) is 0 Å². The molecule has 4 rings (SSSR count). The largest absolute Gasteiger partial charge is 0.347 e. The molecule has 0 saturated carbocycles. The summed E-state index contributed by atoms with van der Waals surface area (Å²) in [6.45, 7) is 3.34. The smallest absolute Gasteiger partial charge is 0.232 e. The fourth-order valence-electron chi connectivity index (χ4n) is 3.60. The Bertz CT molecular complexity index is 1010. The zero-order valence-electron chi connectivity index (χ0n) is 16.1. The van der Waals surface area contributed by atoms with Crippen molar-refractivity contribution in [1.82, 2.24) is 19.9 Å². The zero-order chi connectivity index (χ0) is 20.4. The molecule has 152 valence electrons. The van der Waals surface area contributed by atoms with Crippen LogP contribution in [0.5, 0.6) is 0 Å². The molecule has 0 spiro atoms. The fraction of sp³-hybridized carbons (Fsp3) is 0.400. The lowest BCUT2D eigenvalue weighted by Crippen LogP contribution is -2.44. The number of benzene rings is 1. The molecular weight excluding hydrogens is 393 g/mol. The van der Waals surface area contributed by atoms with E-state index in [1.165, 1.54) is 23.5 Å². The molecule has 2 aromatic heterocycles. The van der Waals surface area contributed by atoms with Crippen molar-refractivity contribution in [3.8, 4) is 0 Å². The van der Waals surface area contributed by atoms with Gasteiger partial charge in [0.05, 0.1) is 28.8 Å². The van der Waals surface area contributed by atoms with Crippen LogP contribution in [-0.2, 0) is 16.1 Å². The van der Waals surface area contributed by atoms with E-state index in [9.17, 15) is 14.0 Å². The van der Waals surface area contributed by atoms with Crippen LogP contribution in [0.1, 0.15) is 31.9 Å². The van der Waals surface area contributed by atoms with Gasteiger partial charge < -0.3 is 9.88 Å². The maximum absolute atomic E-state index is 13.6. The summed E-state index contributed by atoms with van der Waals surface area (Å²) in [7, 11) is 0. The third-order valence-electron chi connectivity index (χ3n) is 5.22. The van der Waals surface area contributed by atoms with Crippen molar-refractivity contribution in [2.75, 3.05) is 18.0 Å². The SMILES string of the molecule is CCC(=O)N1CCC(C(=O)N(Cc2cnc[nH]2)c2nc3ccc(F)cc3s2)CC1. The van der Waals surface area contributed by atoms with E-state index in [1.54, 1.807) is 23.5 Å². The number of halogens is 1. The number of hydrogen-bond donors (Lipinski definition) is 1. The average molecular weight is 415 g/mol. The van der Waals surface area contributed by atoms with Crippen LogP contribution in [0.15, 0.2) is 30.7 Å². The van der Waals surface area contributed by atoms with Crippen molar-refractivity contribution in [3.63, 3.8) is 0 Å². The number of nitrogens with zero attached hydrogens (tertiary/aromatic N) is 4. The molecule has 0 unspecified atom stereocenters. The maximum Gasteiger partial charge on any atom is 0.232 e. The van der Waals surface area contributed by atoms with Crippen LogP contribution in [0.3, 0.4) is 0 Å². The number of amides is 2. The number of H-pyrrole nitrogens is 1. The second-order valence-electron chi connectivity index (χ2n) is 7.12. The molecule has 9 heteroatoms. The Hall–Kier alpha value is -2.81. The summed E-state index contributed by atoms with van der Waals surface area (Å²) in [6.07, 6.45) is 4.98. The Balaban J connectivity index is 1.58. The van der Waals surface area contributed by atoms with Gasteiger partial charge in [-0.2, -0.15) is 0 Å². The van der Waals surface area contributed by atoms with Crippen LogP contribution in [0, 0.1) is 11.7 Å². The molecule has 3 heterocycles. The molecule has 1 aromatic carbocycles. The lowest BCUT2D eigenvalue weighted by molar-refractivity contribution is -0.134. The van der Waals surface area contributed by atoms with E-state index in [0.29, 0.717) is 54.2 Å². The van der Waals surface area contributed by atoms with Crippen LogP contribution in [0.4, 0.5) is 9.52 Å². The Morgan fingerprint density at radius 2 is 2.14 bits per heavy atom. The lowest BCUT2D eigenvalue weighted by Gasteiger charge is -2.33. The molecule has 2 amide bonds. The minimum absolute atomic E-state index is 0.0253. The number of thiazole rings is 1. The van der Waals surface area contributed by atoms with Crippen LogP contribution < -0.4 is 4.90 Å². The summed E-state index contributed by atoms with van der Waals surface area (Å²) < 4.78 is 14.3. The van der Waals surface area contributed by atoms with Crippen molar-refractivity contribution >= 4 is 38.5 Å². The predicted octanol–water partition coefficient (Wildman–Crippen LogP) is 3.34. The van der Waals surface area contributed by atoms with Gasteiger partial charge in [0.15, 0.2) is 5.13 Å². The van der Waals surface area contributed by atoms with Crippen molar-refractivity contribution in [3.05, 3.63) is 42.2 Å². The number of nitrogens with one attached hydrogen (secondary N) is 1. The molecule has 0 aliphatic carbocycles. The fourth-order valence-corrected chi connectivity index (χ4v) is 4.60. The third kappa shape index (κ3) is 4.14. The maximum atomic E-state index is 13.6. The van der Waals surface area contributed by atoms with Gasteiger partial charge in [-0.3, -0.25) is 14.5 Å². The first kappa shape index (κ1) is 19.5. The minimum atomic E-state index is -0.327. The molecule has 1 N–H and O–H groups in total. The standard InChI is InChI=1S/C20H22FN5O2S/c1-2-18(27)25-7-5-13(6-8-25)19(28)26(11-15-10-22-12-23-15)20-24-16-4-3-14(21)9-17(16)29-20/h3-4,9-10,12-13H,2,5-8,11H2,1H3,(H,22,23). The van der Waals surface area contributed by atoms with Crippen molar-refractivity contribution in [2.24, 2.45) is 5.92 Å². The number of aromatic nitrogens is 3. The third-order valence-corrected chi connectivity index (χ3v) is 6.26. The molecule has 7 nitrogen and oxygen atoms in total. The van der Waals surface area contributed by atoms with E-state index in [0.717, 1.165) is 5.69 Å². The summed E-state index contributed by atoms with van der Waals surface area (Å²) in [6, 6.07) is 4.43. The Kier molecular flexibility index (Phi) is 5.57. The molecule has 1 saturated heterocycles. The highest BCUT2D eigenvalue weighted by atomic mass is 32.1. The first-order valence-electron chi connectivity index (χ1n) is 9.67. The molecule has 29 heavy (non-hydrogen) atoms. The van der Waals surface area contributed by atoms with Gasteiger partial charge in [0.25, 0.3) is 0 Å². The van der Waals surface area contributed by atoms with Crippen molar-refractivity contribution in [1.29, 1.82) is 0 Å². The molecule has 1 fully saturated rings. The molecule has 0 radical (unpaired) electrons. The van der Waals surface area contributed by atoms with Gasteiger partial charge in [-0.1, -0.05) is 18.3 Å². The highest BCUT2D eigenvalue weighted by Crippen LogP contribution is 2.32. The van der Waals surface area contributed by atoms with Crippen LogP contribution in [-0.4, -0.2) is 44.8 Å². The Labute approximate surface area is 171 Å². The topological polar surface area (TPSA) is 82.2 Å². The molecular formula is C20H22FN5O2S. The number of hydrogen-bond acceptors (Lipinski definition) is 5. The number of carbonyl (C=O) groups excluding carboxylic acids is 2. The van der Waals surface area contributed by atoms with E-state index in [2.05, 4.69) is 15.0 Å². The second kappa shape index (κ2) is 8.28. The summed E-state index contributed by atoms with van der Waals surface area (Å²) in [5, 5.41) is 0.539. The highest BCUT2D eigenvalue weighted by Gasteiger charge is 2.32. The van der Waals surface area contributed by atoms with Gasteiger partial charge in [0.2, 0.25) is 11.8 Å². The first-order chi connectivity index (χ1) is 14.0. The number of imidazole rings is 1. The van der Waals surface area contributed by atoms with Crippen LogP contribution in [0.2, 0.25) is 0 Å². The minimum Gasteiger partial charge on any atom is -0.347 e. The number of fused-ring (bicyclic) bond motifs is 1. The van der Waals surface area contributed by atoms with E-state index >= 15 is 0 Å². The summed E-state index contributed by atoms with van der Waals surface area (Å²) in [5.74, 6) is -0.407. The lowest BCUT2D eigenvalue weighted by atomic mass is 9.95. The van der Waals surface area contributed by atoms with Gasteiger partial charge in [0.1, 0.15) is 5.82 Å². The molecule has 0 atom stereocenters. The van der Waals surface area contributed by atoms with E-state index < -0.39 is 0 Å². The number of anilines is 1. The molecule has 3 aromatic rings. The predicted molar refractivity (Wildman–Crippen MR) is 109 cm³/mol. The Morgan fingerprint density at radius 1 is 1.34 bits per heavy atom. The zero-order valence-corrected chi connectivity index (χ0v) is 16.9. The van der Waals surface area contributed by atoms with Crippen LogP contribution >= 0.6 is 11.3 Å². The average Bonchev–Trinajstić information content (AvgIpc) is 3.40. The van der Waals surface area contributed by atoms with Gasteiger partial charge in [-0.25, -0.2) is 14.4 Å². The summed E-state index contributed by atoms with van der Waals surface area (Å²) >= 11 is 1.30. The normalized spacial score (nSPS) is 15.0. The van der Waals surface area contributed by atoms with Gasteiger partial charge in [-0.05, 0) is 31.0 Å². The number of likely N-dealkylation sites (tertiary alicyclic amines) is 1. The van der Waals surface area contributed by atoms with Gasteiger partial charge >= 0.3 is 0 Å². The molecule has 1 aliphatic heterocycles. The second-order valence-corrected chi connectivity index (χ2v) is 8.13. The number of piperidine rings is 1. The Morgan fingerprint density at radius 3 is 2.83 bits per heavy atom. The van der Waals surface area contributed by atoms with E-state index in [4.69, 9.17) is 0 Å². The quantitative estimate of drug-likeness (QED) is 0.693. The number of aromatic amines is 1. The molecule has 0 bridgehead atoms. The van der Waals surface area contributed by atoms with Crippen molar-refractivity contribution in [2.45, 2.75) is 32.7 Å².